The molecule has 0 aliphatic rings. The molecule has 0 fully saturated rings. The average Bonchev–Trinajstić information content (AvgIpc) is 2.51. The lowest BCUT2D eigenvalue weighted by atomic mass is 10.2. The number of carbonyl (C=O) groups is 1. The van der Waals surface area contributed by atoms with Crippen LogP contribution in [0.1, 0.15) is 24.0 Å². The third kappa shape index (κ3) is 5.60. The van der Waals surface area contributed by atoms with Crippen LogP contribution in [-0.4, -0.2) is 27.1 Å². The minimum atomic E-state index is -3.40. The highest BCUT2D eigenvalue weighted by Crippen LogP contribution is 2.22. The molecule has 2 aromatic rings. The van der Waals surface area contributed by atoms with Crippen LogP contribution in [0.2, 0.25) is 0 Å². The zero-order valence-corrected chi connectivity index (χ0v) is 15.6. The van der Waals surface area contributed by atoms with Gasteiger partial charge in [0.05, 0.1) is 11.9 Å². The highest BCUT2D eigenvalue weighted by atomic mass is 32.2. The van der Waals surface area contributed by atoms with E-state index in [0.717, 1.165) is 16.8 Å². The number of hydrogen-bond donors (Lipinski definition) is 1. The fourth-order valence-corrected chi connectivity index (χ4v) is 3.66. The molecule has 2 aromatic carbocycles. The van der Waals surface area contributed by atoms with Crippen molar-refractivity contribution in [1.82, 2.24) is 0 Å². The van der Waals surface area contributed by atoms with Gasteiger partial charge in [-0.1, -0.05) is 30.3 Å². The third-order valence-corrected chi connectivity index (χ3v) is 5.03. The molecule has 6 heteroatoms. The molecule has 134 valence electrons. The molecule has 0 aromatic heterocycles. The van der Waals surface area contributed by atoms with Gasteiger partial charge in [0, 0.05) is 18.7 Å². The fourth-order valence-electron chi connectivity index (χ4n) is 2.64. The average molecular weight is 360 g/mol. The van der Waals surface area contributed by atoms with Crippen molar-refractivity contribution in [3.63, 3.8) is 0 Å². The highest BCUT2D eigenvalue weighted by Gasteiger charge is 2.19. The summed E-state index contributed by atoms with van der Waals surface area (Å²) in [6.07, 6.45) is 1.89. The molecule has 1 N–H and O–H groups in total. The first-order valence-corrected chi connectivity index (χ1v) is 10.0. The number of carbonyl (C=O) groups excluding carboxylic acids is 1. The topological polar surface area (TPSA) is 66.5 Å². The van der Waals surface area contributed by atoms with Crippen LogP contribution in [0.4, 0.5) is 11.4 Å². The van der Waals surface area contributed by atoms with Crippen LogP contribution >= 0.6 is 0 Å². The second-order valence-electron chi connectivity index (χ2n) is 6.14. The van der Waals surface area contributed by atoms with Crippen molar-refractivity contribution < 1.29 is 13.2 Å². The number of anilines is 2. The number of nitrogens with zero attached hydrogens (tertiary/aromatic N) is 1. The molecule has 0 aliphatic heterocycles. The largest absolute Gasteiger partial charge is 0.326 e. The van der Waals surface area contributed by atoms with Crippen molar-refractivity contribution in [2.24, 2.45) is 0 Å². The maximum atomic E-state index is 12.1. The van der Waals surface area contributed by atoms with Gasteiger partial charge in [-0.2, -0.15) is 0 Å². The number of aryl methyl sites for hydroxylation is 2. The Morgan fingerprint density at radius 1 is 1.08 bits per heavy atom. The van der Waals surface area contributed by atoms with Crippen molar-refractivity contribution in [3.8, 4) is 0 Å². The first-order chi connectivity index (χ1) is 11.8. The number of benzene rings is 2. The van der Waals surface area contributed by atoms with Crippen LogP contribution in [0.25, 0.3) is 0 Å². The van der Waals surface area contributed by atoms with Gasteiger partial charge in [-0.15, -0.1) is 0 Å². The van der Waals surface area contributed by atoms with Crippen molar-refractivity contribution in [2.45, 2.75) is 26.7 Å². The van der Waals surface area contributed by atoms with Crippen LogP contribution in [0.3, 0.4) is 0 Å². The van der Waals surface area contributed by atoms with Crippen molar-refractivity contribution in [2.75, 3.05) is 22.4 Å². The lowest BCUT2D eigenvalue weighted by Gasteiger charge is -2.24. The number of rotatable bonds is 7. The predicted octanol–water partition coefficient (Wildman–Crippen LogP) is 3.49. The Morgan fingerprint density at radius 2 is 1.80 bits per heavy atom. The van der Waals surface area contributed by atoms with E-state index in [9.17, 15) is 13.2 Å². The Bertz CT molecular complexity index is 847. The van der Waals surface area contributed by atoms with E-state index in [1.54, 1.807) is 6.07 Å². The van der Waals surface area contributed by atoms with Crippen molar-refractivity contribution in [3.05, 3.63) is 59.7 Å². The molecule has 0 radical (unpaired) electrons. The maximum absolute atomic E-state index is 12.1. The monoisotopic (exact) mass is 360 g/mol. The smallest absolute Gasteiger partial charge is 0.232 e. The maximum Gasteiger partial charge on any atom is 0.232 e. The lowest BCUT2D eigenvalue weighted by molar-refractivity contribution is -0.116. The summed E-state index contributed by atoms with van der Waals surface area (Å²) in [7, 11) is -3.40. The minimum absolute atomic E-state index is 0.121. The molecule has 5 nitrogen and oxygen atoms in total. The Kier molecular flexibility index (Phi) is 6.20. The van der Waals surface area contributed by atoms with Crippen LogP contribution in [-0.2, 0) is 14.8 Å². The quantitative estimate of drug-likeness (QED) is 0.822. The molecule has 0 bridgehead atoms. The SMILES string of the molecule is Cc1cccc(NC(=O)CCCN(c2ccccc2C)S(C)(=O)=O)c1. The normalized spacial score (nSPS) is 11.2. The molecule has 0 spiro atoms. The zero-order chi connectivity index (χ0) is 18.4. The summed E-state index contributed by atoms with van der Waals surface area (Å²) in [5.74, 6) is -0.121. The van der Waals surface area contributed by atoms with Gasteiger partial charge in [0.1, 0.15) is 0 Å². The second-order valence-corrected chi connectivity index (χ2v) is 8.05. The molecule has 25 heavy (non-hydrogen) atoms. The molecular formula is C19H24N2O3S. The van der Waals surface area contributed by atoms with E-state index >= 15 is 0 Å². The van der Waals surface area contributed by atoms with Crippen molar-refractivity contribution in [1.29, 1.82) is 0 Å². The first-order valence-electron chi connectivity index (χ1n) is 8.17. The molecule has 0 aliphatic carbocycles. The summed E-state index contributed by atoms with van der Waals surface area (Å²) in [6.45, 7) is 4.10. The van der Waals surface area contributed by atoms with Gasteiger partial charge in [-0.3, -0.25) is 9.10 Å². The Morgan fingerprint density at radius 3 is 2.44 bits per heavy atom. The second kappa shape index (κ2) is 8.16. The molecule has 1 amide bonds. The molecule has 0 saturated heterocycles. The van der Waals surface area contributed by atoms with E-state index in [-0.39, 0.29) is 18.9 Å². The molecule has 2 rings (SSSR count). The summed E-state index contributed by atoms with van der Waals surface area (Å²) in [4.78, 5) is 12.1. The van der Waals surface area contributed by atoms with Gasteiger partial charge >= 0.3 is 0 Å². The van der Waals surface area contributed by atoms with Gasteiger partial charge in [0.25, 0.3) is 0 Å². The van der Waals surface area contributed by atoms with E-state index < -0.39 is 10.0 Å². The third-order valence-electron chi connectivity index (χ3n) is 3.85. The molecular weight excluding hydrogens is 336 g/mol. The van der Waals surface area contributed by atoms with E-state index in [2.05, 4.69) is 5.32 Å². The zero-order valence-electron chi connectivity index (χ0n) is 14.8. The highest BCUT2D eigenvalue weighted by molar-refractivity contribution is 7.92. The standard InChI is InChI=1S/C19H24N2O3S/c1-15-8-6-10-17(14-15)20-19(22)12-7-13-21(25(3,23)24)18-11-5-4-9-16(18)2/h4-6,8-11,14H,7,12-13H2,1-3H3,(H,20,22). The van der Waals surface area contributed by atoms with E-state index in [0.29, 0.717) is 12.1 Å². The molecule has 0 heterocycles. The fraction of sp³-hybridized carbons (Fsp3) is 0.316. The number of para-hydroxylation sites is 1. The van der Waals surface area contributed by atoms with Gasteiger partial charge in [-0.25, -0.2) is 8.42 Å². The van der Waals surface area contributed by atoms with Crippen LogP contribution in [0, 0.1) is 13.8 Å². The van der Waals surface area contributed by atoms with Gasteiger partial charge in [0.2, 0.25) is 15.9 Å². The summed E-state index contributed by atoms with van der Waals surface area (Å²) >= 11 is 0. The van der Waals surface area contributed by atoms with Crippen molar-refractivity contribution >= 4 is 27.3 Å². The van der Waals surface area contributed by atoms with Gasteiger partial charge in [-0.05, 0) is 49.6 Å². The minimum Gasteiger partial charge on any atom is -0.326 e. The summed E-state index contributed by atoms with van der Waals surface area (Å²) < 4.78 is 25.6. The lowest BCUT2D eigenvalue weighted by Crippen LogP contribution is -2.32. The Balaban J connectivity index is 1.97. The number of hydrogen-bond acceptors (Lipinski definition) is 3. The van der Waals surface area contributed by atoms with E-state index in [1.807, 2.05) is 56.3 Å². The van der Waals surface area contributed by atoms with Crippen LogP contribution in [0.15, 0.2) is 48.5 Å². The summed E-state index contributed by atoms with van der Waals surface area (Å²) in [5.41, 5.74) is 3.37. The van der Waals surface area contributed by atoms with Crippen LogP contribution < -0.4 is 9.62 Å². The molecule has 0 atom stereocenters. The first kappa shape index (κ1) is 19.0. The van der Waals surface area contributed by atoms with Gasteiger partial charge < -0.3 is 5.32 Å². The van der Waals surface area contributed by atoms with E-state index in [4.69, 9.17) is 0 Å². The molecule has 0 saturated carbocycles. The number of nitrogens with one attached hydrogen (secondary N) is 1. The number of amides is 1. The Hall–Kier alpha value is -2.34. The number of sulfonamides is 1. The van der Waals surface area contributed by atoms with Crippen LogP contribution in [0.5, 0.6) is 0 Å². The Labute approximate surface area is 149 Å². The summed E-state index contributed by atoms with van der Waals surface area (Å²) in [5, 5.41) is 2.84. The van der Waals surface area contributed by atoms with Gasteiger partial charge in [0.15, 0.2) is 0 Å². The van der Waals surface area contributed by atoms with E-state index in [1.165, 1.54) is 10.6 Å². The summed E-state index contributed by atoms with van der Waals surface area (Å²) in [6, 6.07) is 14.9. The molecule has 0 unspecified atom stereocenters. The predicted molar refractivity (Wildman–Crippen MR) is 102 cm³/mol.